The van der Waals surface area contributed by atoms with E-state index in [9.17, 15) is 13.2 Å². The summed E-state index contributed by atoms with van der Waals surface area (Å²) in [5.41, 5.74) is 2.61. The van der Waals surface area contributed by atoms with Crippen molar-refractivity contribution >= 4 is 38.9 Å². The largest absolute Gasteiger partial charge is 0.322 e. The van der Waals surface area contributed by atoms with Crippen LogP contribution in [-0.4, -0.2) is 27.1 Å². The summed E-state index contributed by atoms with van der Waals surface area (Å²) in [7, 11) is -3.34. The smallest absolute Gasteiger partial charge is 0.255 e. The molecule has 2 aromatic rings. The first-order valence-electron chi connectivity index (χ1n) is 7.91. The molecule has 6 nitrogen and oxygen atoms in total. The molecule has 0 bridgehead atoms. The number of hydrogen-bond acceptors (Lipinski definition) is 4. The molecule has 134 valence electrons. The number of fused-ring (bicyclic) bond motifs is 1. The van der Waals surface area contributed by atoms with Crippen LogP contribution in [0.25, 0.3) is 0 Å². The number of benzene rings is 2. The van der Waals surface area contributed by atoms with Crippen molar-refractivity contribution in [2.75, 3.05) is 22.4 Å². The molecule has 0 saturated carbocycles. The second-order valence-corrected chi connectivity index (χ2v) is 8.36. The van der Waals surface area contributed by atoms with E-state index in [1.807, 2.05) is 6.07 Å². The van der Waals surface area contributed by atoms with Crippen LogP contribution in [0.1, 0.15) is 27.9 Å². The fourth-order valence-corrected chi connectivity index (χ4v) is 4.10. The number of rotatable bonds is 3. The van der Waals surface area contributed by atoms with E-state index in [0.29, 0.717) is 41.3 Å². The first-order valence-corrected chi connectivity index (χ1v) is 10.1. The van der Waals surface area contributed by atoms with Gasteiger partial charge in [-0.25, -0.2) is 8.42 Å². The third kappa shape index (κ3) is 3.66. The van der Waals surface area contributed by atoms with Gasteiger partial charge >= 0.3 is 0 Å². The molecule has 1 heterocycles. The third-order valence-corrected chi connectivity index (χ3v) is 5.67. The lowest BCUT2D eigenvalue weighted by Gasteiger charge is -2.29. The summed E-state index contributed by atoms with van der Waals surface area (Å²) >= 11 is 5.89. The van der Waals surface area contributed by atoms with Gasteiger partial charge in [0.1, 0.15) is 6.07 Å². The van der Waals surface area contributed by atoms with Crippen LogP contribution < -0.4 is 9.62 Å². The van der Waals surface area contributed by atoms with Crippen LogP contribution >= 0.6 is 11.6 Å². The summed E-state index contributed by atoms with van der Waals surface area (Å²) in [6, 6.07) is 11.6. The van der Waals surface area contributed by atoms with Gasteiger partial charge in [-0.2, -0.15) is 5.26 Å². The van der Waals surface area contributed by atoms with Crippen LogP contribution in [0, 0.1) is 11.3 Å². The molecule has 8 heteroatoms. The minimum absolute atomic E-state index is 0.277. The lowest BCUT2D eigenvalue weighted by Crippen LogP contribution is -2.34. The third-order valence-electron chi connectivity index (χ3n) is 4.16. The number of aryl methyl sites for hydroxylation is 1. The van der Waals surface area contributed by atoms with Crippen molar-refractivity contribution in [3.05, 3.63) is 58.1 Å². The van der Waals surface area contributed by atoms with Crippen LogP contribution in [0.5, 0.6) is 0 Å². The second kappa shape index (κ2) is 6.98. The molecular weight excluding hydrogens is 374 g/mol. The fourth-order valence-electron chi connectivity index (χ4n) is 2.94. The number of anilines is 2. The van der Waals surface area contributed by atoms with Crippen LogP contribution in [0.4, 0.5) is 11.4 Å². The molecule has 0 spiro atoms. The van der Waals surface area contributed by atoms with Crippen molar-refractivity contribution in [3.8, 4) is 6.07 Å². The van der Waals surface area contributed by atoms with E-state index in [1.54, 1.807) is 30.3 Å². The summed E-state index contributed by atoms with van der Waals surface area (Å²) in [4.78, 5) is 12.5. The molecule has 0 saturated heterocycles. The Balaban J connectivity index is 1.87. The van der Waals surface area contributed by atoms with Crippen molar-refractivity contribution in [2.24, 2.45) is 0 Å². The highest BCUT2D eigenvalue weighted by Crippen LogP contribution is 2.30. The van der Waals surface area contributed by atoms with Gasteiger partial charge in [0, 0.05) is 17.8 Å². The van der Waals surface area contributed by atoms with E-state index >= 15 is 0 Å². The zero-order chi connectivity index (χ0) is 18.9. The lowest BCUT2D eigenvalue weighted by atomic mass is 10.0. The topological polar surface area (TPSA) is 90.3 Å². The van der Waals surface area contributed by atoms with Crippen LogP contribution in [0.3, 0.4) is 0 Å². The maximum absolute atomic E-state index is 12.5. The molecule has 1 aliphatic heterocycles. The van der Waals surface area contributed by atoms with Crippen LogP contribution in [0.2, 0.25) is 5.02 Å². The normalized spacial score (nSPS) is 13.7. The molecule has 2 aromatic carbocycles. The van der Waals surface area contributed by atoms with Gasteiger partial charge in [-0.05, 0) is 54.8 Å². The fraction of sp³-hybridized carbons (Fsp3) is 0.222. The first-order chi connectivity index (χ1) is 12.3. The average molecular weight is 390 g/mol. The Bertz CT molecular complexity index is 1030. The Kier molecular flexibility index (Phi) is 4.90. The highest BCUT2D eigenvalue weighted by Gasteiger charge is 2.24. The van der Waals surface area contributed by atoms with Crippen molar-refractivity contribution in [1.82, 2.24) is 0 Å². The monoisotopic (exact) mass is 389 g/mol. The maximum atomic E-state index is 12.5. The molecule has 3 rings (SSSR count). The standard InChI is InChI=1S/C18H16ClN3O3S/c1-26(24,25)22-8-2-3-12-9-13(4-7-17(12)22)18(23)21-15-5-6-16(19)14(10-15)11-20/h4-7,9-10H,2-3,8H2,1H3,(H,21,23). The maximum Gasteiger partial charge on any atom is 0.255 e. The van der Waals surface area contributed by atoms with E-state index in [0.717, 1.165) is 5.56 Å². The molecule has 26 heavy (non-hydrogen) atoms. The van der Waals surface area contributed by atoms with Gasteiger partial charge in [-0.1, -0.05) is 11.6 Å². The average Bonchev–Trinajstić information content (AvgIpc) is 2.61. The van der Waals surface area contributed by atoms with E-state index in [4.69, 9.17) is 16.9 Å². The lowest BCUT2D eigenvalue weighted by molar-refractivity contribution is 0.102. The Labute approximate surface area is 157 Å². The first kappa shape index (κ1) is 18.2. The molecule has 0 atom stereocenters. The molecule has 1 amide bonds. The van der Waals surface area contributed by atoms with Gasteiger partial charge in [0.2, 0.25) is 10.0 Å². The van der Waals surface area contributed by atoms with E-state index in [-0.39, 0.29) is 11.5 Å². The van der Waals surface area contributed by atoms with Gasteiger partial charge in [0.25, 0.3) is 5.91 Å². The summed E-state index contributed by atoms with van der Waals surface area (Å²) in [6.45, 7) is 0.444. The number of carbonyl (C=O) groups excluding carboxylic acids is 1. The van der Waals surface area contributed by atoms with Crippen molar-refractivity contribution in [3.63, 3.8) is 0 Å². The number of halogens is 1. The minimum Gasteiger partial charge on any atom is -0.322 e. The molecule has 0 fully saturated rings. The molecular formula is C18H16ClN3O3S. The summed E-state index contributed by atoms with van der Waals surface area (Å²) in [5.74, 6) is -0.338. The number of nitrogens with zero attached hydrogens (tertiary/aromatic N) is 2. The second-order valence-electron chi connectivity index (χ2n) is 6.04. The van der Waals surface area contributed by atoms with Crippen LogP contribution in [-0.2, 0) is 16.4 Å². The molecule has 0 aromatic heterocycles. The number of nitrogens with one attached hydrogen (secondary N) is 1. The van der Waals surface area contributed by atoms with Crippen molar-refractivity contribution in [2.45, 2.75) is 12.8 Å². The zero-order valence-electron chi connectivity index (χ0n) is 14.0. The zero-order valence-corrected chi connectivity index (χ0v) is 15.6. The minimum atomic E-state index is -3.34. The molecule has 0 unspecified atom stereocenters. The SMILES string of the molecule is CS(=O)(=O)N1CCCc2cc(C(=O)Nc3ccc(Cl)c(C#N)c3)ccc21. The molecule has 0 aliphatic carbocycles. The Morgan fingerprint density at radius 1 is 1.27 bits per heavy atom. The Hall–Kier alpha value is -2.56. The molecule has 1 aliphatic rings. The highest BCUT2D eigenvalue weighted by atomic mass is 35.5. The van der Waals surface area contributed by atoms with E-state index in [1.165, 1.54) is 16.6 Å². The Morgan fingerprint density at radius 3 is 2.73 bits per heavy atom. The number of amides is 1. The predicted octanol–water partition coefficient (Wildman–Crippen LogP) is 3.18. The Morgan fingerprint density at radius 2 is 2.04 bits per heavy atom. The van der Waals surface area contributed by atoms with E-state index in [2.05, 4.69) is 5.32 Å². The molecule has 1 N–H and O–H groups in total. The summed E-state index contributed by atoms with van der Waals surface area (Å²) < 4.78 is 25.2. The predicted molar refractivity (Wildman–Crippen MR) is 101 cm³/mol. The summed E-state index contributed by atoms with van der Waals surface area (Å²) in [5, 5.41) is 12.1. The summed E-state index contributed by atoms with van der Waals surface area (Å²) in [6.07, 6.45) is 2.59. The van der Waals surface area contributed by atoms with Gasteiger partial charge < -0.3 is 5.32 Å². The number of nitriles is 1. The van der Waals surface area contributed by atoms with E-state index < -0.39 is 10.0 Å². The van der Waals surface area contributed by atoms with Crippen LogP contribution in [0.15, 0.2) is 36.4 Å². The quantitative estimate of drug-likeness (QED) is 0.872. The van der Waals surface area contributed by atoms with Crippen molar-refractivity contribution < 1.29 is 13.2 Å². The van der Waals surface area contributed by atoms with Gasteiger partial charge in [-0.3, -0.25) is 9.10 Å². The molecule has 0 radical (unpaired) electrons. The van der Waals surface area contributed by atoms with Crippen molar-refractivity contribution in [1.29, 1.82) is 5.26 Å². The highest BCUT2D eigenvalue weighted by molar-refractivity contribution is 7.92. The number of sulfonamides is 1. The number of carbonyl (C=O) groups is 1. The number of hydrogen-bond donors (Lipinski definition) is 1. The van der Waals surface area contributed by atoms with Gasteiger partial charge in [0.05, 0.1) is 22.5 Å². The van der Waals surface area contributed by atoms with Gasteiger partial charge in [0.15, 0.2) is 0 Å². The van der Waals surface area contributed by atoms with Gasteiger partial charge in [-0.15, -0.1) is 0 Å².